The van der Waals surface area contributed by atoms with E-state index in [0.29, 0.717) is 0 Å². The Kier molecular flexibility index (Phi) is 8.32. The molecule has 2 amide bonds. The molecule has 0 heterocycles. The van der Waals surface area contributed by atoms with Gasteiger partial charge in [0.05, 0.1) is 24.6 Å². The van der Waals surface area contributed by atoms with Gasteiger partial charge in [-0.25, -0.2) is 4.39 Å². The van der Waals surface area contributed by atoms with Crippen LogP contribution in [-0.4, -0.2) is 37.5 Å². The van der Waals surface area contributed by atoms with Crippen LogP contribution in [0.4, 0.5) is 10.1 Å². The van der Waals surface area contributed by atoms with Gasteiger partial charge in [0.25, 0.3) is 5.91 Å². The topological polar surface area (TPSA) is 99.5 Å². The van der Waals surface area contributed by atoms with Crippen LogP contribution in [-0.2, 0) is 25.5 Å². The fraction of sp³-hybridized carbons (Fsp3) is 0.238. The molecule has 8 heteroatoms. The number of ether oxygens (including phenoxy) is 1. The number of halogens is 1. The van der Waals surface area contributed by atoms with E-state index in [-0.39, 0.29) is 31.0 Å². The van der Waals surface area contributed by atoms with Crippen molar-refractivity contribution in [3.05, 3.63) is 66.0 Å². The van der Waals surface area contributed by atoms with Crippen LogP contribution in [0.5, 0.6) is 0 Å². The molecule has 2 aromatic rings. The molecule has 0 unspecified atom stereocenters. The Morgan fingerprint density at radius 1 is 1.07 bits per heavy atom. The second kappa shape index (κ2) is 11.2. The lowest BCUT2D eigenvalue weighted by Crippen LogP contribution is -2.38. The van der Waals surface area contributed by atoms with E-state index in [1.807, 2.05) is 12.1 Å². The summed E-state index contributed by atoms with van der Waals surface area (Å²) in [5.74, 6) is -2.46. The summed E-state index contributed by atoms with van der Waals surface area (Å²) >= 11 is 0. The summed E-state index contributed by atoms with van der Waals surface area (Å²) < 4.78 is 18.9. The second-order valence-electron chi connectivity index (χ2n) is 6.00. The highest BCUT2D eigenvalue weighted by Gasteiger charge is 2.20. The van der Waals surface area contributed by atoms with Gasteiger partial charge in [-0.05, 0) is 17.7 Å². The van der Waals surface area contributed by atoms with E-state index in [1.54, 1.807) is 30.3 Å². The third-order valence-corrected chi connectivity index (χ3v) is 3.89. The fourth-order valence-corrected chi connectivity index (χ4v) is 2.50. The van der Waals surface area contributed by atoms with E-state index in [2.05, 4.69) is 5.32 Å². The van der Waals surface area contributed by atoms with Gasteiger partial charge < -0.3 is 15.0 Å². The van der Waals surface area contributed by atoms with Gasteiger partial charge in [0, 0.05) is 6.54 Å². The number of esters is 1. The number of rotatable bonds is 9. The zero-order valence-corrected chi connectivity index (χ0v) is 15.6. The van der Waals surface area contributed by atoms with Crippen molar-refractivity contribution >= 4 is 23.5 Å². The molecule has 0 fully saturated rings. The maximum atomic E-state index is 14.0. The number of anilines is 1. The van der Waals surface area contributed by atoms with Gasteiger partial charge in [-0.1, -0.05) is 42.5 Å². The fourth-order valence-electron chi connectivity index (χ4n) is 2.50. The lowest BCUT2D eigenvalue weighted by molar-refractivity contribution is -0.147. The molecule has 0 radical (unpaired) electrons. The van der Waals surface area contributed by atoms with Crippen molar-refractivity contribution in [1.29, 1.82) is 5.26 Å². The molecule has 2 rings (SSSR count). The number of amides is 2. The Morgan fingerprint density at radius 2 is 1.76 bits per heavy atom. The first-order chi connectivity index (χ1) is 14.0. The van der Waals surface area contributed by atoms with E-state index in [1.165, 1.54) is 18.2 Å². The highest BCUT2D eigenvalue weighted by molar-refractivity contribution is 5.95. The zero-order valence-electron chi connectivity index (χ0n) is 15.6. The van der Waals surface area contributed by atoms with Crippen LogP contribution < -0.4 is 10.2 Å². The molecule has 2 aromatic carbocycles. The zero-order chi connectivity index (χ0) is 21.1. The number of carbonyl (C=O) groups is 3. The van der Waals surface area contributed by atoms with Gasteiger partial charge in [0.2, 0.25) is 5.91 Å². The summed E-state index contributed by atoms with van der Waals surface area (Å²) in [6, 6.07) is 16.5. The monoisotopic (exact) mass is 397 g/mol. The molecular weight excluding hydrogens is 377 g/mol. The van der Waals surface area contributed by atoms with Crippen LogP contribution in [0.25, 0.3) is 0 Å². The van der Waals surface area contributed by atoms with E-state index < -0.39 is 30.8 Å². The van der Waals surface area contributed by atoms with Crippen LogP contribution in [0.2, 0.25) is 0 Å². The van der Waals surface area contributed by atoms with Crippen molar-refractivity contribution < 1.29 is 23.5 Å². The number of hydrogen-bond acceptors (Lipinski definition) is 5. The normalized spacial score (nSPS) is 9.93. The van der Waals surface area contributed by atoms with Gasteiger partial charge in [0.1, 0.15) is 12.4 Å². The van der Waals surface area contributed by atoms with Crippen molar-refractivity contribution in [3.8, 4) is 6.07 Å². The molecule has 0 spiro atoms. The standard InChI is InChI=1S/C21H20FN3O4/c22-17-9-4-5-10-18(17)25(12-6-11-23)20(27)15-29-21(28)14-24-19(26)13-16-7-2-1-3-8-16/h1-5,7-10H,6,12-15H2,(H,24,26). The molecule has 0 atom stereocenters. The van der Waals surface area contributed by atoms with Crippen molar-refractivity contribution in [2.24, 2.45) is 0 Å². The van der Waals surface area contributed by atoms with Crippen LogP contribution in [0.3, 0.4) is 0 Å². The van der Waals surface area contributed by atoms with Crippen LogP contribution in [0, 0.1) is 17.1 Å². The number of nitrogens with zero attached hydrogens (tertiary/aromatic N) is 2. The Balaban J connectivity index is 1.84. The summed E-state index contributed by atoms with van der Waals surface area (Å²) in [5.41, 5.74) is 0.798. The van der Waals surface area contributed by atoms with Crippen molar-refractivity contribution in [2.45, 2.75) is 12.8 Å². The molecule has 150 valence electrons. The number of para-hydroxylation sites is 1. The highest BCUT2D eigenvalue weighted by Crippen LogP contribution is 2.19. The number of carbonyl (C=O) groups excluding carboxylic acids is 3. The number of benzene rings is 2. The number of nitrogens with one attached hydrogen (secondary N) is 1. The lowest BCUT2D eigenvalue weighted by Gasteiger charge is -2.22. The first-order valence-electron chi connectivity index (χ1n) is 8.89. The predicted octanol–water partition coefficient (Wildman–Crippen LogP) is 1.97. The summed E-state index contributed by atoms with van der Waals surface area (Å²) in [6.07, 6.45) is 0.103. The van der Waals surface area contributed by atoms with Crippen molar-refractivity contribution in [3.63, 3.8) is 0 Å². The lowest BCUT2D eigenvalue weighted by atomic mass is 10.1. The molecule has 0 aliphatic heterocycles. The van der Waals surface area contributed by atoms with Crippen LogP contribution in [0.1, 0.15) is 12.0 Å². The maximum absolute atomic E-state index is 14.0. The minimum Gasteiger partial charge on any atom is -0.454 e. The number of nitriles is 1. The average Bonchev–Trinajstić information content (AvgIpc) is 2.73. The Bertz CT molecular complexity index is 896. The quantitative estimate of drug-likeness (QED) is 0.652. The summed E-state index contributed by atoms with van der Waals surface area (Å²) in [5, 5.41) is 11.2. The predicted molar refractivity (Wildman–Crippen MR) is 103 cm³/mol. The maximum Gasteiger partial charge on any atom is 0.325 e. The average molecular weight is 397 g/mol. The summed E-state index contributed by atoms with van der Waals surface area (Å²) in [6.45, 7) is -1.06. The van der Waals surface area contributed by atoms with Crippen LogP contribution in [0.15, 0.2) is 54.6 Å². The molecule has 0 aromatic heterocycles. The van der Waals surface area contributed by atoms with Gasteiger partial charge in [-0.15, -0.1) is 0 Å². The SMILES string of the molecule is N#CCCN(C(=O)COC(=O)CNC(=O)Cc1ccccc1)c1ccccc1F. The van der Waals surface area contributed by atoms with Gasteiger partial charge in [-0.2, -0.15) is 5.26 Å². The molecule has 0 aliphatic carbocycles. The highest BCUT2D eigenvalue weighted by atomic mass is 19.1. The first kappa shape index (κ1) is 21.6. The Labute approximate surface area is 167 Å². The largest absolute Gasteiger partial charge is 0.454 e. The minimum atomic E-state index is -0.798. The van der Waals surface area contributed by atoms with Gasteiger partial charge >= 0.3 is 5.97 Å². The molecule has 7 nitrogen and oxygen atoms in total. The van der Waals surface area contributed by atoms with Crippen molar-refractivity contribution in [2.75, 3.05) is 24.6 Å². The minimum absolute atomic E-state index is 0.0000344. The van der Waals surface area contributed by atoms with Crippen molar-refractivity contribution in [1.82, 2.24) is 5.32 Å². The molecule has 0 saturated carbocycles. The molecule has 0 bridgehead atoms. The van der Waals surface area contributed by atoms with E-state index in [4.69, 9.17) is 10.00 Å². The second-order valence-corrected chi connectivity index (χ2v) is 6.00. The van der Waals surface area contributed by atoms with Gasteiger partial charge in [-0.3, -0.25) is 14.4 Å². The van der Waals surface area contributed by atoms with E-state index >= 15 is 0 Å². The summed E-state index contributed by atoms with van der Waals surface area (Å²) in [4.78, 5) is 37.1. The summed E-state index contributed by atoms with van der Waals surface area (Å²) in [7, 11) is 0. The molecule has 29 heavy (non-hydrogen) atoms. The van der Waals surface area contributed by atoms with E-state index in [9.17, 15) is 18.8 Å². The Morgan fingerprint density at radius 3 is 2.45 bits per heavy atom. The third kappa shape index (κ3) is 7.07. The molecule has 0 saturated heterocycles. The Hall–Kier alpha value is -3.73. The van der Waals surface area contributed by atoms with Crippen LogP contribution >= 0.6 is 0 Å². The first-order valence-corrected chi connectivity index (χ1v) is 8.89. The number of hydrogen-bond donors (Lipinski definition) is 1. The molecule has 1 N–H and O–H groups in total. The smallest absolute Gasteiger partial charge is 0.325 e. The van der Waals surface area contributed by atoms with E-state index in [0.717, 1.165) is 10.5 Å². The third-order valence-electron chi connectivity index (χ3n) is 3.89. The van der Waals surface area contributed by atoms with Gasteiger partial charge in [0.15, 0.2) is 6.61 Å². The molecule has 0 aliphatic rings. The molecular formula is C21H20FN3O4.